The maximum absolute atomic E-state index is 8.29. The van der Waals surface area contributed by atoms with Gasteiger partial charge in [0.2, 0.25) is 0 Å². The molecule has 0 fully saturated rings. The first kappa shape index (κ1) is 12.6. The van der Waals surface area contributed by atoms with Crippen LogP contribution in [0, 0.1) is 5.92 Å². The molecule has 0 spiro atoms. The van der Waals surface area contributed by atoms with Crippen molar-refractivity contribution < 1.29 is 5.21 Å². The molecule has 0 saturated carbocycles. The van der Waals surface area contributed by atoms with E-state index in [2.05, 4.69) is 25.9 Å². The van der Waals surface area contributed by atoms with E-state index in [-0.39, 0.29) is 0 Å². The van der Waals surface area contributed by atoms with Gasteiger partial charge < -0.3 is 10.9 Å². The molecule has 0 aromatic rings. The Labute approximate surface area is 84.8 Å². The van der Waals surface area contributed by atoms with Crippen LogP contribution in [0.1, 0.15) is 33.6 Å². The molecule has 0 saturated heterocycles. The van der Waals surface area contributed by atoms with E-state index in [1.54, 1.807) is 0 Å². The normalized spacial score (nSPS) is 14.9. The quantitative estimate of drug-likeness (QED) is 0.229. The van der Waals surface area contributed by atoms with Crippen LogP contribution in [-0.4, -0.2) is 22.0 Å². The largest absolute Gasteiger partial charge is 0.409 e. The molecule has 1 unspecified atom stereocenters. The van der Waals surface area contributed by atoms with Gasteiger partial charge in [0, 0.05) is 11.7 Å². The smallest absolute Gasteiger partial charge is 0.139 e. The Morgan fingerprint density at radius 1 is 1.46 bits per heavy atom. The van der Waals surface area contributed by atoms with E-state index >= 15 is 0 Å². The van der Waals surface area contributed by atoms with Crippen molar-refractivity contribution in [3.8, 4) is 0 Å². The first-order valence-electron chi connectivity index (χ1n) is 4.66. The minimum atomic E-state index is 0.331. The maximum Gasteiger partial charge on any atom is 0.139 e. The van der Waals surface area contributed by atoms with Crippen molar-refractivity contribution in [2.75, 3.05) is 5.75 Å². The highest BCUT2D eigenvalue weighted by Gasteiger charge is 2.06. The summed E-state index contributed by atoms with van der Waals surface area (Å²) in [6.45, 7) is 6.68. The number of amidine groups is 1. The molecular weight excluding hydrogens is 184 g/mol. The van der Waals surface area contributed by atoms with Crippen molar-refractivity contribution in [3.05, 3.63) is 0 Å². The number of hydrogen-bond acceptors (Lipinski definition) is 3. The molecule has 0 bridgehead atoms. The summed E-state index contributed by atoms with van der Waals surface area (Å²) in [5.74, 6) is 2.13. The Morgan fingerprint density at radius 2 is 2.08 bits per heavy atom. The summed E-state index contributed by atoms with van der Waals surface area (Å²) in [5, 5.41) is 11.9. The summed E-state index contributed by atoms with van der Waals surface area (Å²) in [6, 6.07) is 0. The van der Waals surface area contributed by atoms with Crippen molar-refractivity contribution in [3.63, 3.8) is 0 Å². The van der Waals surface area contributed by atoms with Gasteiger partial charge in [0.05, 0.1) is 0 Å². The number of nitrogens with zero attached hydrogens (tertiary/aromatic N) is 1. The number of hydrogen-bond donors (Lipinski definition) is 2. The summed E-state index contributed by atoms with van der Waals surface area (Å²) in [4.78, 5) is 0. The first-order chi connectivity index (χ1) is 6.07. The summed E-state index contributed by atoms with van der Waals surface area (Å²) in [5.41, 5.74) is 5.34. The number of nitrogens with two attached hydrogens (primary N) is 1. The summed E-state index contributed by atoms with van der Waals surface area (Å²) in [7, 11) is 0. The van der Waals surface area contributed by atoms with Gasteiger partial charge in [-0.2, -0.15) is 11.8 Å². The van der Waals surface area contributed by atoms with Gasteiger partial charge in [-0.1, -0.05) is 25.9 Å². The van der Waals surface area contributed by atoms with Gasteiger partial charge in [0.25, 0.3) is 0 Å². The van der Waals surface area contributed by atoms with Crippen molar-refractivity contribution in [2.45, 2.75) is 38.9 Å². The molecule has 0 aromatic heterocycles. The number of thioether (sulfide) groups is 1. The van der Waals surface area contributed by atoms with E-state index in [0.717, 1.165) is 12.2 Å². The Balaban J connectivity index is 3.36. The van der Waals surface area contributed by atoms with E-state index in [9.17, 15) is 0 Å². The molecule has 0 radical (unpaired) electrons. The van der Waals surface area contributed by atoms with E-state index in [1.165, 1.54) is 0 Å². The topological polar surface area (TPSA) is 58.6 Å². The van der Waals surface area contributed by atoms with Crippen LogP contribution in [0.4, 0.5) is 0 Å². The summed E-state index contributed by atoms with van der Waals surface area (Å²) >= 11 is 1.94. The van der Waals surface area contributed by atoms with Gasteiger partial charge in [0.1, 0.15) is 5.84 Å². The maximum atomic E-state index is 8.29. The Bertz CT molecular complexity index is 160. The highest BCUT2D eigenvalue weighted by Crippen LogP contribution is 2.19. The third-order valence-corrected chi connectivity index (χ3v) is 3.62. The fourth-order valence-electron chi connectivity index (χ4n) is 0.765. The zero-order chi connectivity index (χ0) is 10.3. The Kier molecular flexibility index (Phi) is 6.86. The summed E-state index contributed by atoms with van der Waals surface area (Å²) in [6.07, 6.45) is 1.67. The standard InChI is InChI=1S/C9H20N2OS/c1-7(2)8(3)13-6-4-5-9(10)11-12/h7-8,12H,4-6H2,1-3H3,(H2,10,11). The number of oxime groups is 1. The van der Waals surface area contributed by atoms with Gasteiger partial charge in [-0.05, 0) is 18.1 Å². The highest BCUT2D eigenvalue weighted by atomic mass is 32.2. The van der Waals surface area contributed by atoms with Crippen LogP contribution in [-0.2, 0) is 0 Å². The third kappa shape index (κ3) is 6.75. The fourth-order valence-corrected chi connectivity index (χ4v) is 1.83. The lowest BCUT2D eigenvalue weighted by molar-refractivity contribution is 0.317. The van der Waals surface area contributed by atoms with Gasteiger partial charge in [0.15, 0.2) is 0 Å². The molecule has 1 atom stereocenters. The molecule has 0 aliphatic rings. The van der Waals surface area contributed by atoms with E-state index in [1.807, 2.05) is 11.8 Å². The lowest BCUT2D eigenvalue weighted by Gasteiger charge is -2.14. The lowest BCUT2D eigenvalue weighted by atomic mass is 10.2. The van der Waals surface area contributed by atoms with Crippen LogP contribution in [0.2, 0.25) is 0 Å². The second kappa shape index (κ2) is 7.06. The third-order valence-electron chi connectivity index (χ3n) is 2.03. The minimum absolute atomic E-state index is 0.331. The van der Waals surface area contributed by atoms with Crippen molar-refractivity contribution in [2.24, 2.45) is 16.8 Å². The Hall–Kier alpha value is -0.380. The van der Waals surface area contributed by atoms with Crippen molar-refractivity contribution in [1.82, 2.24) is 0 Å². The van der Waals surface area contributed by atoms with Gasteiger partial charge >= 0.3 is 0 Å². The predicted octanol–water partition coefficient (Wildman–Crippen LogP) is 2.29. The van der Waals surface area contributed by atoms with Crippen LogP contribution in [0.5, 0.6) is 0 Å². The molecule has 0 heterocycles. The molecule has 4 heteroatoms. The van der Waals surface area contributed by atoms with Crippen LogP contribution in [0.15, 0.2) is 5.16 Å². The molecule has 78 valence electrons. The zero-order valence-corrected chi connectivity index (χ0v) is 9.47. The molecule has 3 N–H and O–H groups in total. The fraction of sp³-hybridized carbons (Fsp3) is 0.889. The summed E-state index contributed by atoms with van der Waals surface area (Å²) < 4.78 is 0. The van der Waals surface area contributed by atoms with Gasteiger partial charge in [-0.3, -0.25) is 0 Å². The van der Waals surface area contributed by atoms with E-state index < -0.39 is 0 Å². The molecule has 0 aromatic carbocycles. The highest BCUT2D eigenvalue weighted by molar-refractivity contribution is 7.99. The second-order valence-corrected chi connectivity index (χ2v) is 5.00. The van der Waals surface area contributed by atoms with Crippen molar-refractivity contribution >= 4 is 17.6 Å². The molecule has 0 aliphatic carbocycles. The number of rotatable bonds is 6. The molecular formula is C9H20N2OS. The second-order valence-electron chi connectivity index (χ2n) is 3.51. The minimum Gasteiger partial charge on any atom is -0.409 e. The van der Waals surface area contributed by atoms with Crippen LogP contribution >= 0.6 is 11.8 Å². The monoisotopic (exact) mass is 204 g/mol. The van der Waals surface area contributed by atoms with Crippen LogP contribution < -0.4 is 5.73 Å². The zero-order valence-electron chi connectivity index (χ0n) is 8.66. The molecule has 3 nitrogen and oxygen atoms in total. The Morgan fingerprint density at radius 3 is 2.54 bits per heavy atom. The van der Waals surface area contributed by atoms with Crippen LogP contribution in [0.25, 0.3) is 0 Å². The molecule has 0 rings (SSSR count). The van der Waals surface area contributed by atoms with Crippen molar-refractivity contribution in [1.29, 1.82) is 0 Å². The lowest BCUT2D eigenvalue weighted by Crippen LogP contribution is -2.12. The van der Waals surface area contributed by atoms with E-state index in [0.29, 0.717) is 23.4 Å². The van der Waals surface area contributed by atoms with Gasteiger partial charge in [-0.15, -0.1) is 0 Å². The SMILES string of the molecule is CC(C)C(C)SCCCC(N)=NO. The van der Waals surface area contributed by atoms with Gasteiger partial charge in [-0.25, -0.2) is 0 Å². The molecule has 13 heavy (non-hydrogen) atoms. The molecule has 0 amide bonds. The molecule has 0 aliphatic heterocycles. The predicted molar refractivity (Wildman–Crippen MR) is 59.4 cm³/mol. The average Bonchev–Trinajstić information content (AvgIpc) is 2.11. The first-order valence-corrected chi connectivity index (χ1v) is 5.70. The average molecular weight is 204 g/mol. The van der Waals surface area contributed by atoms with Crippen LogP contribution in [0.3, 0.4) is 0 Å². The van der Waals surface area contributed by atoms with E-state index in [4.69, 9.17) is 10.9 Å².